The van der Waals surface area contributed by atoms with Gasteiger partial charge in [-0.25, -0.2) is 0 Å². The standard InChI is InChI=1S/C17H18N2O2/c1-2-19-15-6-4-3-5-13(15)14-11-12(7-8-16(14)19)17(21)18-9-10-20/h3-8,11,20H,2,9-10H2,1H3,(H,18,21). The molecule has 3 aromatic rings. The highest BCUT2D eigenvalue weighted by atomic mass is 16.3. The lowest BCUT2D eigenvalue weighted by Gasteiger charge is -2.05. The van der Waals surface area contributed by atoms with E-state index in [-0.39, 0.29) is 19.1 Å². The van der Waals surface area contributed by atoms with Gasteiger partial charge in [0.15, 0.2) is 0 Å². The SMILES string of the molecule is CCn1c2ccccc2c2cc(C(=O)NCCO)ccc21. The largest absolute Gasteiger partial charge is 0.395 e. The first kappa shape index (κ1) is 13.6. The molecule has 0 saturated carbocycles. The van der Waals surface area contributed by atoms with Crippen molar-refractivity contribution in [2.45, 2.75) is 13.5 Å². The monoisotopic (exact) mass is 282 g/mol. The normalized spacial score (nSPS) is 11.1. The van der Waals surface area contributed by atoms with Gasteiger partial charge in [0.1, 0.15) is 0 Å². The van der Waals surface area contributed by atoms with E-state index in [4.69, 9.17) is 5.11 Å². The summed E-state index contributed by atoms with van der Waals surface area (Å²) < 4.78 is 2.25. The topological polar surface area (TPSA) is 54.3 Å². The molecule has 0 fully saturated rings. The number of para-hydroxylation sites is 1. The van der Waals surface area contributed by atoms with Gasteiger partial charge in [-0.05, 0) is 31.2 Å². The summed E-state index contributed by atoms with van der Waals surface area (Å²) in [7, 11) is 0. The van der Waals surface area contributed by atoms with E-state index in [1.807, 2.05) is 30.3 Å². The zero-order valence-electron chi connectivity index (χ0n) is 12.0. The molecule has 1 aromatic heterocycles. The van der Waals surface area contributed by atoms with E-state index in [0.717, 1.165) is 22.8 Å². The van der Waals surface area contributed by atoms with Gasteiger partial charge in [-0.2, -0.15) is 0 Å². The highest BCUT2D eigenvalue weighted by Crippen LogP contribution is 2.29. The van der Waals surface area contributed by atoms with Gasteiger partial charge in [0.25, 0.3) is 5.91 Å². The van der Waals surface area contributed by atoms with Gasteiger partial charge in [0.2, 0.25) is 0 Å². The second kappa shape index (κ2) is 5.58. The van der Waals surface area contributed by atoms with Crippen LogP contribution in [0.5, 0.6) is 0 Å². The molecule has 1 amide bonds. The maximum Gasteiger partial charge on any atom is 0.251 e. The third-order valence-corrected chi connectivity index (χ3v) is 3.75. The van der Waals surface area contributed by atoms with Gasteiger partial charge in [-0.3, -0.25) is 4.79 Å². The van der Waals surface area contributed by atoms with Crippen molar-refractivity contribution in [2.75, 3.05) is 13.2 Å². The molecule has 0 aliphatic heterocycles. The van der Waals surface area contributed by atoms with Crippen molar-refractivity contribution in [2.24, 2.45) is 0 Å². The Balaban J connectivity index is 2.17. The predicted molar refractivity (Wildman–Crippen MR) is 84.5 cm³/mol. The zero-order chi connectivity index (χ0) is 14.8. The third kappa shape index (κ3) is 2.28. The lowest BCUT2D eigenvalue weighted by molar-refractivity contribution is 0.0945. The number of aliphatic hydroxyl groups excluding tert-OH is 1. The molecular weight excluding hydrogens is 264 g/mol. The van der Waals surface area contributed by atoms with Gasteiger partial charge in [-0.1, -0.05) is 18.2 Å². The number of amides is 1. The molecule has 0 radical (unpaired) electrons. The summed E-state index contributed by atoms with van der Waals surface area (Å²) in [5, 5.41) is 13.7. The minimum atomic E-state index is -0.153. The second-order valence-electron chi connectivity index (χ2n) is 4.97. The van der Waals surface area contributed by atoms with Crippen LogP contribution in [-0.2, 0) is 6.54 Å². The van der Waals surface area contributed by atoms with Crippen LogP contribution in [0.25, 0.3) is 21.8 Å². The number of carbonyl (C=O) groups excluding carboxylic acids is 1. The molecule has 21 heavy (non-hydrogen) atoms. The summed E-state index contributed by atoms with van der Waals surface area (Å²) in [6.07, 6.45) is 0. The lowest BCUT2D eigenvalue weighted by atomic mass is 10.1. The Bertz CT molecular complexity index is 805. The fourth-order valence-corrected chi connectivity index (χ4v) is 2.81. The summed E-state index contributed by atoms with van der Waals surface area (Å²) in [5.74, 6) is -0.153. The Morgan fingerprint density at radius 3 is 2.67 bits per heavy atom. The summed E-state index contributed by atoms with van der Waals surface area (Å²) in [5.41, 5.74) is 2.94. The molecule has 0 saturated heterocycles. The Morgan fingerprint density at radius 1 is 1.14 bits per heavy atom. The number of benzene rings is 2. The van der Waals surface area contributed by atoms with Crippen LogP contribution in [0.2, 0.25) is 0 Å². The van der Waals surface area contributed by atoms with Crippen LogP contribution < -0.4 is 5.32 Å². The van der Waals surface area contributed by atoms with E-state index < -0.39 is 0 Å². The molecule has 4 heteroatoms. The first-order valence-electron chi connectivity index (χ1n) is 7.16. The quantitative estimate of drug-likeness (QED) is 0.772. The second-order valence-corrected chi connectivity index (χ2v) is 4.97. The van der Waals surface area contributed by atoms with E-state index in [9.17, 15) is 4.79 Å². The fraction of sp³-hybridized carbons (Fsp3) is 0.235. The molecule has 2 aromatic carbocycles. The Labute approximate surface area is 123 Å². The van der Waals surface area contributed by atoms with Crippen LogP contribution in [0.1, 0.15) is 17.3 Å². The predicted octanol–water partition coefficient (Wildman–Crippen LogP) is 2.54. The van der Waals surface area contributed by atoms with E-state index in [1.54, 1.807) is 0 Å². The minimum Gasteiger partial charge on any atom is -0.395 e. The molecule has 4 nitrogen and oxygen atoms in total. The smallest absolute Gasteiger partial charge is 0.251 e. The Hall–Kier alpha value is -2.33. The minimum absolute atomic E-state index is 0.0525. The molecule has 2 N–H and O–H groups in total. The van der Waals surface area contributed by atoms with Crippen LogP contribution in [-0.4, -0.2) is 28.7 Å². The summed E-state index contributed by atoms with van der Waals surface area (Å²) >= 11 is 0. The number of hydrogen-bond donors (Lipinski definition) is 2. The van der Waals surface area contributed by atoms with Crippen LogP contribution in [0, 0.1) is 0 Å². The number of nitrogens with zero attached hydrogens (tertiary/aromatic N) is 1. The highest BCUT2D eigenvalue weighted by Gasteiger charge is 2.12. The van der Waals surface area contributed by atoms with Crippen molar-refractivity contribution in [1.29, 1.82) is 0 Å². The number of carbonyl (C=O) groups is 1. The maximum absolute atomic E-state index is 12.0. The van der Waals surface area contributed by atoms with Crippen molar-refractivity contribution in [3.63, 3.8) is 0 Å². The van der Waals surface area contributed by atoms with Crippen LogP contribution >= 0.6 is 0 Å². The summed E-state index contributed by atoms with van der Waals surface area (Å²) in [6, 6.07) is 14.0. The highest BCUT2D eigenvalue weighted by molar-refractivity contribution is 6.10. The van der Waals surface area contributed by atoms with Crippen molar-refractivity contribution in [3.8, 4) is 0 Å². The molecular formula is C17H18N2O2. The van der Waals surface area contributed by atoms with Crippen molar-refractivity contribution in [3.05, 3.63) is 48.0 Å². The molecule has 1 heterocycles. The lowest BCUT2D eigenvalue weighted by Crippen LogP contribution is -2.26. The van der Waals surface area contributed by atoms with E-state index in [0.29, 0.717) is 5.56 Å². The number of hydrogen-bond acceptors (Lipinski definition) is 2. The van der Waals surface area contributed by atoms with Crippen molar-refractivity contribution >= 4 is 27.7 Å². The van der Waals surface area contributed by atoms with Gasteiger partial charge >= 0.3 is 0 Å². The number of nitrogens with one attached hydrogen (secondary N) is 1. The van der Waals surface area contributed by atoms with E-state index in [1.165, 1.54) is 5.52 Å². The summed E-state index contributed by atoms with van der Waals surface area (Å²) in [4.78, 5) is 12.0. The van der Waals surface area contributed by atoms with E-state index in [2.05, 4.69) is 28.9 Å². The van der Waals surface area contributed by atoms with Gasteiger partial charge in [0.05, 0.1) is 6.61 Å². The molecule has 0 aliphatic carbocycles. The Morgan fingerprint density at radius 2 is 1.90 bits per heavy atom. The fourth-order valence-electron chi connectivity index (χ4n) is 2.81. The van der Waals surface area contributed by atoms with E-state index >= 15 is 0 Å². The number of aryl methyl sites for hydroxylation is 1. The van der Waals surface area contributed by atoms with Crippen LogP contribution in [0.15, 0.2) is 42.5 Å². The first-order chi connectivity index (χ1) is 10.3. The van der Waals surface area contributed by atoms with Gasteiger partial charge < -0.3 is 15.0 Å². The third-order valence-electron chi connectivity index (χ3n) is 3.75. The maximum atomic E-state index is 12.0. The molecule has 0 spiro atoms. The molecule has 108 valence electrons. The van der Waals surface area contributed by atoms with Crippen molar-refractivity contribution < 1.29 is 9.90 Å². The van der Waals surface area contributed by atoms with Crippen LogP contribution in [0.3, 0.4) is 0 Å². The number of fused-ring (bicyclic) bond motifs is 3. The average Bonchev–Trinajstić information content (AvgIpc) is 2.85. The molecule has 0 aliphatic rings. The average molecular weight is 282 g/mol. The molecule has 0 bridgehead atoms. The Kier molecular flexibility index (Phi) is 3.62. The first-order valence-corrected chi connectivity index (χ1v) is 7.16. The number of aromatic nitrogens is 1. The summed E-state index contributed by atoms with van der Waals surface area (Å²) in [6.45, 7) is 3.23. The van der Waals surface area contributed by atoms with Crippen LogP contribution in [0.4, 0.5) is 0 Å². The number of aliphatic hydroxyl groups is 1. The zero-order valence-corrected chi connectivity index (χ0v) is 12.0. The molecule has 0 atom stereocenters. The van der Waals surface area contributed by atoms with Gasteiger partial charge in [-0.15, -0.1) is 0 Å². The molecule has 3 rings (SSSR count). The number of rotatable bonds is 4. The van der Waals surface area contributed by atoms with Crippen molar-refractivity contribution in [1.82, 2.24) is 9.88 Å². The van der Waals surface area contributed by atoms with Gasteiger partial charge in [0, 0.05) is 40.5 Å². The molecule has 0 unspecified atom stereocenters.